The lowest BCUT2D eigenvalue weighted by molar-refractivity contribution is 1.55. The maximum absolute atomic E-state index is 3.53. The van der Waals surface area contributed by atoms with E-state index in [1.807, 2.05) is 17.4 Å². The van der Waals surface area contributed by atoms with Gasteiger partial charge in [-0.15, -0.1) is 11.3 Å². The highest BCUT2D eigenvalue weighted by Crippen LogP contribution is 2.42. The Labute approximate surface area is 179 Å². The second-order valence-corrected chi connectivity index (χ2v) is 8.57. The number of thiophene rings is 1. The first kappa shape index (κ1) is 17.3. The first-order valence-electron chi connectivity index (χ1n) is 10.1. The van der Waals surface area contributed by atoms with Gasteiger partial charge >= 0.3 is 0 Å². The molecule has 0 saturated heterocycles. The summed E-state index contributed by atoms with van der Waals surface area (Å²) in [5.74, 6) is 0. The molecule has 0 amide bonds. The maximum atomic E-state index is 3.53. The summed E-state index contributed by atoms with van der Waals surface area (Å²) in [7, 11) is 0. The van der Waals surface area contributed by atoms with Crippen molar-refractivity contribution in [3.8, 4) is 11.1 Å². The largest absolute Gasteiger partial charge is 0.356 e. The van der Waals surface area contributed by atoms with Crippen LogP contribution in [0.5, 0.6) is 0 Å². The van der Waals surface area contributed by atoms with Crippen molar-refractivity contribution < 1.29 is 0 Å². The van der Waals surface area contributed by atoms with Gasteiger partial charge < -0.3 is 5.32 Å². The lowest BCUT2D eigenvalue weighted by Crippen LogP contribution is -1.90. The van der Waals surface area contributed by atoms with Crippen molar-refractivity contribution in [2.24, 2.45) is 0 Å². The molecule has 0 saturated carbocycles. The van der Waals surface area contributed by atoms with Crippen molar-refractivity contribution in [1.29, 1.82) is 0 Å². The highest BCUT2D eigenvalue weighted by atomic mass is 32.1. The molecule has 0 aliphatic rings. The van der Waals surface area contributed by atoms with E-state index in [0.29, 0.717) is 0 Å². The maximum Gasteiger partial charge on any atom is 0.0434 e. The van der Waals surface area contributed by atoms with Gasteiger partial charge in [-0.2, -0.15) is 0 Å². The number of hydrogen-bond acceptors (Lipinski definition) is 2. The third kappa shape index (κ3) is 2.85. The number of para-hydroxylation sites is 1. The molecule has 6 rings (SSSR count). The number of fused-ring (bicyclic) bond motifs is 5. The Balaban J connectivity index is 1.58. The standard InChI is InChI=1S/C28H19NS/c1-2-10-20(11-3-1)29-21-12-8-9-19(17-21)25-18-26-23-14-6-7-16-27(23)30-28(26)24-15-5-4-13-22(24)25/h1-18,29H. The van der Waals surface area contributed by atoms with E-state index in [1.165, 1.54) is 42.1 Å². The fourth-order valence-electron chi connectivity index (χ4n) is 4.24. The molecule has 0 spiro atoms. The molecule has 1 nitrogen and oxygen atoms in total. The summed E-state index contributed by atoms with van der Waals surface area (Å²) in [5, 5.41) is 8.83. The molecule has 1 heterocycles. The van der Waals surface area contributed by atoms with Crippen LogP contribution in [0.4, 0.5) is 11.4 Å². The fraction of sp³-hybridized carbons (Fsp3) is 0. The average Bonchev–Trinajstić information content (AvgIpc) is 3.18. The van der Waals surface area contributed by atoms with Crippen molar-refractivity contribution in [3.05, 3.63) is 109 Å². The normalized spacial score (nSPS) is 11.3. The first-order chi connectivity index (χ1) is 14.9. The second kappa shape index (κ2) is 7.01. The molecule has 0 unspecified atom stereocenters. The van der Waals surface area contributed by atoms with Gasteiger partial charge in [0.2, 0.25) is 0 Å². The highest BCUT2D eigenvalue weighted by molar-refractivity contribution is 7.26. The van der Waals surface area contributed by atoms with Crippen LogP contribution in [0.15, 0.2) is 109 Å². The van der Waals surface area contributed by atoms with Crippen LogP contribution in [0, 0.1) is 0 Å². The summed E-state index contributed by atoms with van der Waals surface area (Å²) < 4.78 is 2.71. The van der Waals surface area contributed by atoms with Gasteiger partial charge in [-0.05, 0) is 52.9 Å². The molecule has 142 valence electrons. The minimum Gasteiger partial charge on any atom is -0.356 e. The molecule has 0 radical (unpaired) electrons. The van der Waals surface area contributed by atoms with Gasteiger partial charge in [-0.1, -0.05) is 72.8 Å². The summed E-state index contributed by atoms with van der Waals surface area (Å²) in [6.45, 7) is 0. The summed E-state index contributed by atoms with van der Waals surface area (Å²) >= 11 is 1.89. The van der Waals surface area contributed by atoms with Crippen LogP contribution in [0.2, 0.25) is 0 Å². The molecule has 6 aromatic rings. The summed E-state index contributed by atoms with van der Waals surface area (Å²) in [6.07, 6.45) is 0. The lowest BCUT2D eigenvalue weighted by atomic mass is 9.95. The molecule has 0 bridgehead atoms. The number of rotatable bonds is 3. The third-order valence-corrected chi connectivity index (χ3v) is 6.84. The van der Waals surface area contributed by atoms with Crippen molar-refractivity contribution in [1.82, 2.24) is 0 Å². The molecule has 0 aliphatic carbocycles. The minimum absolute atomic E-state index is 1.10. The van der Waals surface area contributed by atoms with E-state index < -0.39 is 0 Å². The van der Waals surface area contributed by atoms with E-state index in [2.05, 4.69) is 108 Å². The zero-order chi connectivity index (χ0) is 19.9. The zero-order valence-electron chi connectivity index (χ0n) is 16.3. The smallest absolute Gasteiger partial charge is 0.0434 e. The van der Waals surface area contributed by atoms with Crippen molar-refractivity contribution >= 4 is 53.7 Å². The van der Waals surface area contributed by atoms with E-state index in [4.69, 9.17) is 0 Å². The summed E-state index contributed by atoms with van der Waals surface area (Å²) in [5.41, 5.74) is 4.69. The third-order valence-electron chi connectivity index (χ3n) is 5.62. The second-order valence-electron chi connectivity index (χ2n) is 7.52. The predicted molar refractivity (Wildman–Crippen MR) is 132 cm³/mol. The van der Waals surface area contributed by atoms with Gasteiger partial charge in [-0.3, -0.25) is 0 Å². The van der Waals surface area contributed by atoms with Crippen LogP contribution in [0.1, 0.15) is 0 Å². The van der Waals surface area contributed by atoms with E-state index in [9.17, 15) is 0 Å². The Bertz CT molecular complexity index is 1510. The van der Waals surface area contributed by atoms with E-state index in [1.54, 1.807) is 0 Å². The molecule has 2 heteroatoms. The molecule has 0 aliphatic heterocycles. The van der Waals surface area contributed by atoms with Gasteiger partial charge in [0, 0.05) is 36.9 Å². The lowest BCUT2D eigenvalue weighted by Gasteiger charge is -2.12. The van der Waals surface area contributed by atoms with E-state index >= 15 is 0 Å². The number of anilines is 2. The Morgan fingerprint density at radius 3 is 2.07 bits per heavy atom. The Hall–Kier alpha value is -3.62. The van der Waals surface area contributed by atoms with Gasteiger partial charge in [0.25, 0.3) is 0 Å². The molecule has 0 atom stereocenters. The molecular formula is C28H19NS. The predicted octanol–water partition coefficient (Wildman–Crippen LogP) is 8.62. The van der Waals surface area contributed by atoms with Crippen LogP contribution in [-0.2, 0) is 0 Å². The van der Waals surface area contributed by atoms with Crippen LogP contribution < -0.4 is 5.32 Å². The van der Waals surface area contributed by atoms with Gasteiger partial charge in [0.15, 0.2) is 0 Å². The van der Waals surface area contributed by atoms with Crippen LogP contribution in [0.3, 0.4) is 0 Å². The van der Waals surface area contributed by atoms with Gasteiger partial charge in [-0.25, -0.2) is 0 Å². The summed E-state index contributed by atoms with van der Waals surface area (Å²) in [6, 6.07) is 38.9. The first-order valence-corrected chi connectivity index (χ1v) is 10.9. The van der Waals surface area contributed by atoms with Crippen LogP contribution in [0.25, 0.3) is 42.1 Å². The number of nitrogens with one attached hydrogen (secondary N) is 1. The molecule has 0 fully saturated rings. The Morgan fingerprint density at radius 2 is 1.20 bits per heavy atom. The highest BCUT2D eigenvalue weighted by Gasteiger charge is 2.13. The fourth-order valence-corrected chi connectivity index (χ4v) is 5.46. The van der Waals surface area contributed by atoms with E-state index in [0.717, 1.165) is 11.4 Å². The molecule has 5 aromatic carbocycles. The molecule has 30 heavy (non-hydrogen) atoms. The van der Waals surface area contributed by atoms with Crippen LogP contribution >= 0.6 is 11.3 Å². The topological polar surface area (TPSA) is 12.0 Å². The quantitative estimate of drug-likeness (QED) is 0.313. The van der Waals surface area contributed by atoms with Gasteiger partial charge in [0.05, 0.1) is 0 Å². The van der Waals surface area contributed by atoms with Gasteiger partial charge in [0.1, 0.15) is 0 Å². The van der Waals surface area contributed by atoms with Crippen molar-refractivity contribution in [3.63, 3.8) is 0 Å². The molecule has 1 aromatic heterocycles. The number of hydrogen-bond donors (Lipinski definition) is 1. The SMILES string of the molecule is c1ccc(Nc2cccc(-c3cc4c5ccccc5sc4c4ccccc34)c2)cc1. The Kier molecular flexibility index (Phi) is 4.03. The monoisotopic (exact) mass is 401 g/mol. The zero-order valence-corrected chi connectivity index (χ0v) is 17.1. The van der Waals surface area contributed by atoms with E-state index in [-0.39, 0.29) is 0 Å². The average molecular weight is 402 g/mol. The number of benzene rings is 5. The Morgan fingerprint density at radius 1 is 0.500 bits per heavy atom. The van der Waals surface area contributed by atoms with Crippen LogP contribution in [-0.4, -0.2) is 0 Å². The minimum atomic E-state index is 1.10. The molecular weight excluding hydrogens is 382 g/mol. The molecule has 1 N–H and O–H groups in total. The van der Waals surface area contributed by atoms with Crippen molar-refractivity contribution in [2.45, 2.75) is 0 Å². The summed E-state index contributed by atoms with van der Waals surface area (Å²) in [4.78, 5) is 0. The van der Waals surface area contributed by atoms with Crippen molar-refractivity contribution in [2.75, 3.05) is 5.32 Å².